The molecule has 1 heterocycles. The molecule has 7 atom stereocenters. The third-order valence-electron chi connectivity index (χ3n) is 4.42. The first-order chi connectivity index (χ1) is 11.0. The van der Waals surface area contributed by atoms with Gasteiger partial charge in [-0.25, -0.2) is 0 Å². The predicted octanol–water partition coefficient (Wildman–Crippen LogP) is 0.614. The van der Waals surface area contributed by atoms with Gasteiger partial charge in [-0.15, -0.1) is 0 Å². The van der Waals surface area contributed by atoms with Gasteiger partial charge in [-0.3, -0.25) is 0 Å². The van der Waals surface area contributed by atoms with Gasteiger partial charge in [-0.05, 0) is 18.1 Å². The van der Waals surface area contributed by atoms with E-state index in [2.05, 4.69) is 0 Å². The summed E-state index contributed by atoms with van der Waals surface area (Å²) < 4.78 is 16.3. The van der Waals surface area contributed by atoms with E-state index >= 15 is 0 Å². The van der Waals surface area contributed by atoms with Crippen LogP contribution in [0, 0.1) is 0 Å². The Morgan fingerprint density at radius 1 is 1.09 bits per heavy atom. The van der Waals surface area contributed by atoms with Gasteiger partial charge in [0.1, 0.15) is 30.5 Å². The molecule has 126 valence electrons. The minimum atomic E-state index is -1.15. The maximum Gasteiger partial charge on any atom is 0.186 e. The molecule has 0 spiro atoms. The van der Waals surface area contributed by atoms with Crippen LogP contribution in [0.4, 0.5) is 0 Å². The van der Waals surface area contributed by atoms with Gasteiger partial charge in [0.25, 0.3) is 0 Å². The van der Waals surface area contributed by atoms with Gasteiger partial charge >= 0.3 is 0 Å². The maximum absolute atomic E-state index is 10.5. The van der Waals surface area contributed by atoms with E-state index in [0.717, 1.165) is 11.1 Å². The summed E-state index contributed by atoms with van der Waals surface area (Å²) in [6, 6.07) is 7.48. The minimum absolute atomic E-state index is 0.551. The number of fused-ring (bicyclic) bond motifs is 1. The van der Waals surface area contributed by atoms with E-state index < -0.39 is 42.9 Å². The molecule has 1 saturated heterocycles. The van der Waals surface area contributed by atoms with Crippen molar-refractivity contribution >= 4 is 6.08 Å². The average molecular weight is 322 g/mol. The van der Waals surface area contributed by atoms with E-state index in [1.807, 2.05) is 30.3 Å². The average Bonchev–Trinajstić information content (AvgIpc) is 2.57. The van der Waals surface area contributed by atoms with Gasteiger partial charge in [-0.2, -0.15) is 0 Å². The van der Waals surface area contributed by atoms with E-state index in [-0.39, 0.29) is 0 Å². The Balaban J connectivity index is 1.78. The molecule has 3 N–H and O–H groups in total. The smallest absolute Gasteiger partial charge is 0.186 e. The number of aliphatic hydroxyl groups is 3. The summed E-state index contributed by atoms with van der Waals surface area (Å²) in [5, 5.41) is 31.1. The van der Waals surface area contributed by atoms with E-state index in [9.17, 15) is 15.3 Å². The molecule has 2 aliphatic rings. The van der Waals surface area contributed by atoms with Gasteiger partial charge < -0.3 is 29.5 Å². The summed E-state index contributed by atoms with van der Waals surface area (Å²) >= 11 is 0. The summed E-state index contributed by atoms with van der Waals surface area (Å²) in [7, 11) is 1.42. The zero-order chi connectivity index (χ0) is 16.6. The lowest BCUT2D eigenvalue weighted by Gasteiger charge is -2.42. The number of ether oxygens (including phenoxy) is 3. The van der Waals surface area contributed by atoms with E-state index in [1.165, 1.54) is 7.11 Å². The highest BCUT2D eigenvalue weighted by Gasteiger charge is 2.45. The topological polar surface area (TPSA) is 88.4 Å². The zero-order valence-corrected chi connectivity index (χ0v) is 13.1. The second kappa shape index (κ2) is 6.68. The first-order valence-electron chi connectivity index (χ1n) is 7.68. The van der Waals surface area contributed by atoms with Crippen LogP contribution >= 0.6 is 0 Å². The molecule has 6 nitrogen and oxygen atoms in total. The zero-order valence-electron chi connectivity index (χ0n) is 13.1. The van der Waals surface area contributed by atoms with Crippen LogP contribution in [-0.4, -0.2) is 59.2 Å². The Kier molecular flexibility index (Phi) is 4.82. The molecular weight excluding hydrogens is 300 g/mol. The Labute approximate surface area is 134 Å². The van der Waals surface area contributed by atoms with Crippen LogP contribution < -0.4 is 0 Å². The van der Waals surface area contributed by atoms with Crippen LogP contribution in [0.15, 0.2) is 30.3 Å². The lowest BCUT2D eigenvalue weighted by atomic mass is 9.92. The molecule has 1 aromatic rings. The number of hydrogen-bond acceptors (Lipinski definition) is 6. The fourth-order valence-corrected chi connectivity index (χ4v) is 3.07. The quantitative estimate of drug-likeness (QED) is 0.756. The van der Waals surface area contributed by atoms with Crippen LogP contribution in [0.5, 0.6) is 0 Å². The maximum atomic E-state index is 10.5. The van der Waals surface area contributed by atoms with E-state index in [1.54, 1.807) is 13.0 Å². The molecular formula is C17H22O6. The minimum Gasteiger partial charge on any atom is -0.388 e. The van der Waals surface area contributed by atoms with Crippen LogP contribution in [0.25, 0.3) is 6.08 Å². The Morgan fingerprint density at radius 2 is 1.83 bits per heavy atom. The first kappa shape index (κ1) is 16.6. The molecule has 1 aromatic carbocycles. The number of aliphatic hydroxyl groups excluding tert-OH is 3. The van der Waals surface area contributed by atoms with Crippen molar-refractivity contribution in [3.05, 3.63) is 41.5 Å². The van der Waals surface area contributed by atoms with Crippen molar-refractivity contribution < 1.29 is 29.5 Å². The van der Waals surface area contributed by atoms with Crippen molar-refractivity contribution in [2.24, 2.45) is 0 Å². The molecule has 3 rings (SSSR count). The van der Waals surface area contributed by atoms with Gasteiger partial charge in [0.05, 0.1) is 6.10 Å². The van der Waals surface area contributed by atoms with Gasteiger partial charge in [0.2, 0.25) is 0 Å². The predicted molar refractivity (Wildman–Crippen MR) is 82.5 cm³/mol. The fraction of sp³-hybridized carbons (Fsp3) is 0.529. The standard InChI is InChI=1S/C17H22O6/c1-9-13(18)16(15(20)17(21-2)22-9)23-12-8-7-10-5-3-4-6-11(10)14(12)19/h3-9,12-20H,1-2H3/t9-,12-,13-,14-,15+,16+,17+/m0/s1. The molecule has 1 fully saturated rings. The Hall–Kier alpha value is -1.28. The molecule has 0 unspecified atom stereocenters. The summed E-state index contributed by atoms with van der Waals surface area (Å²) in [4.78, 5) is 0. The largest absolute Gasteiger partial charge is 0.388 e. The highest BCUT2D eigenvalue weighted by molar-refractivity contribution is 5.58. The molecule has 0 saturated carbocycles. The highest BCUT2D eigenvalue weighted by Crippen LogP contribution is 2.33. The molecule has 0 bridgehead atoms. The van der Waals surface area contributed by atoms with Crippen molar-refractivity contribution in [2.45, 2.75) is 49.8 Å². The first-order valence-corrected chi connectivity index (χ1v) is 7.68. The summed E-state index contributed by atoms with van der Waals surface area (Å²) in [5.74, 6) is 0. The number of rotatable bonds is 3. The third kappa shape index (κ3) is 3.06. The van der Waals surface area contributed by atoms with Gasteiger partial charge in [-0.1, -0.05) is 36.4 Å². The van der Waals surface area contributed by atoms with Crippen LogP contribution in [0.2, 0.25) is 0 Å². The lowest BCUT2D eigenvalue weighted by Crippen LogP contribution is -2.59. The van der Waals surface area contributed by atoms with Crippen LogP contribution in [0.1, 0.15) is 24.2 Å². The fourth-order valence-electron chi connectivity index (χ4n) is 3.07. The monoisotopic (exact) mass is 322 g/mol. The molecule has 1 aliphatic heterocycles. The van der Waals surface area contributed by atoms with Crippen LogP contribution in [-0.2, 0) is 14.2 Å². The molecule has 1 aliphatic carbocycles. The number of benzene rings is 1. The van der Waals surface area contributed by atoms with E-state index in [4.69, 9.17) is 14.2 Å². The Morgan fingerprint density at radius 3 is 2.57 bits per heavy atom. The molecule has 0 amide bonds. The van der Waals surface area contributed by atoms with Crippen molar-refractivity contribution in [1.29, 1.82) is 0 Å². The Bertz CT molecular complexity index is 574. The van der Waals surface area contributed by atoms with Crippen molar-refractivity contribution in [3.8, 4) is 0 Å². The van der Waals surface area contributed by atoms with Crippen molar-refractivity contribution in [3.63, 3.8) is 0 Å². The van der Waals surface area contributed by atoms with Gasteiger partial charge in [0.15, 0.2) is 6.29 Å². The second-order valence-electron chi connectivity index (χ2n) is 5.92. The summed E-state index contributed by atoms with van der Waals surface area (Å²) in [6.07, 6.45) is -2.45. The summed E-state index contributed by atoms with van der Waals surface area (Å²) in [5.41, 5.74) is 1.68. The van der Waals surface area contributed by atoms with E-state index in [0.29, 0.717) is 0 Å². The van der Waals surface area contributed by atoms with Gasteiger partial charge in [0, 0.05) is 7.11 Å². The summed E-state index contributed by atoms with van der Waals surface area (Å²) in [6.45, 7) is 1.68. The SMILES string of the molecule is CO[C@@H]1O[C@@H](C)[C@H](O)[C@@H](O[C@H]2C=Cc3ccccc3[C@@H]2O)[C@H]1O. The highest BCUT2D eigenvalue weighted by atomic mass is 16.7. The van der Waals surface area contributed by atoms with Crippen molar-refractivity contribution in [2.75, 3.05) is 7.11 Å². The molecule has 23 heavy (non-hydrogen) atoms. The number of methoxy groups -OCH3 is 1. The third-order valence-corrected chi connectivity index (χ3v) is 4.42. The van der Waals surface area contributed by atoms with Crippen LogP contribution in [0.3, 0.4) is 0 Å². The van der Waals surface area contributed by atoms with Crippen molar-refractivity contribution in [1.82, 2.24) is 0 Å². The normalized spacial score (nSPS) is 40.0. The lowest BCUT2D eigenvalue weighted by molar-refractivity contribution is -0.300. The molecule has 0 aromatic heterocycles. The number of hydrogen-bond donors (Lipinski definition) is 3. The molecule has 6 heteroatoms. The second-order valence-corrected chi connectivity index (χ2v) is 5.92. The molecule has 0 radical (unpaired) electrons.